The van der Waals surface area contributed by atoms with Crippen LogP contribution in [-0.4, -0.2) is 32.2 Å². The van der Waals surface area contributed by atoms with E-state index in [1.54, 1.807) is 6.20 Å². The van der Waals surface area contributed by atoms with Gasteiger partial charge in [-0.3, -0.25) is 9.20 Å². The molecular weight excluding hydrogens is 386 g/mol. The van der Waals surface area contributed by atoms with Crippen LogP contribution in [0.5, 0.6) is 0 Å². The number of benzene rings is 1. The number of nitrogens with zero attached hydrogens (tertiary/aromatic N) is 4. The van der Waals surface area contributed by atoms with Crippen molar-refractivity contribution in [1.29, 1.82) is 0 Å². The number of fused-ring (bicyclic) bond motifs is 1. The molecule has 1 aliphatic heterocycles. The summed E-state index contributed by atoms with van der Waals surface area (Å²) in [6.45, 7) is 2.10. The van der Waals surface area contributed by atoms with Crippen molar-refractivity contribution in [1.82, 2.24) is 25.2 Å². The van der Waals surface area contributed by atoms with Gasteiger partial charge in [0.25, 0.3) is 0 Å². The first-order valence-corrected chi connectivity index (χ1v) is 10.5. The zero-order valence-electron chi connectivity index (χ0n) is 15.9. The van der Waals surface area contributed by atoms with Crippen molar-refractivity contribution < 1.29 is 4.79 Å². The molecule has 1 saturated carbocycles. The lowest BCUT2D eigenvalue weighted by atomic mass is 10.3. The highest BCUT2D eigenvalue weighted by Gasteiger charge is 2.29. The van der Waals surface area contributed by atoms with Crippen LogP contribution in [0, 0.1) is 5.92 Å². The SMILES string of the molecule is CC1C/C(=N/c2cc3nccn3c(Sc3ccc(NC(=O)C4CC4)cc3)n2)NN1. The van der Waals surface area contributed by atoms with Crippen LogP contribution in [0.4, 0.5) is 11.5 Å². The number of aliphatic imine (C=N–C) groups is 1. The van der Waals surface area contributed by atoms with E-state index in [1.165, 1.54) is 11.8 Å². The highest BCUT2D eigenvalue weighted by Crippen LogP contribution is 2.32. The largest absolute Gasteiger partial charge is 0.326 e. The summed E-state index contributed by atoms with van der Waals surface area (Å²) in [6.07, 6.45) is 6.47. The lowest BCUT2D eigenvalue weighted by molar-refractivity contribution is -0.117. The Labute approximate surface area is 172 Å². The van der Waals surface area contributed by atoms with Crippen LogP contribution in [0.2, 0.25) is 0 Å². The maximum atomic E-state index is 11.9. The molecule has 3 aromatic rings. The molecule has 3 heterocycles. The van der Waals surface area contributed by atoms with Gasteiger partial charge in [-0.15, -0.1) is 0 Å². The van der Waals surface area contributed by atoms with Crippen LogP contribution in [-0.2, 0) is 4.79 Å². The van der Waals surface area contributed by atoms with E-state index in [4.69, 9.17) is 4.98 Å². The molecule has 1 aliphatic carbocycles. The van der Waals surface area contributed by atoms with Crippen molar-refractivity contribution in [3.05, 3.63) is 42.7 Å². The molecule has 2 fully saturated rings. The maximum Gasteiger partial charge on any atom is 0.227 e. The predicted molar refractivity (Wildman–Crippen MR) is 112 cm³/mol. The smallest absolute Gasteiger partial charge is 0.227 e. The van der Waals surface area contributed by atoms with E-state index in [0.29, 0.717) is 11.9 Å². The fraction of sp³-hybridized carbons (Fsp3) is 0.300. The van der Waals surface area contributed by atoms with E-state index in [2.05, 4.69) is 33.1 Å². The van der Waals surface area contributed by atoms with Gasteiger partial charge in [0.1, 0.15) is 11.5 Å². The van der Waals surface area contributed by atoms with Gasteiger partial charge in [-0.25, -0.2) is 20.4 Å². The highest BCUT2D eigenvalue weighted by atomic mass is 32.2. The number of rotatable bonds is 5. The molecular formula is C20H21N7OS. The molecule has 1 aromatic carbocycles. The van der Waals surface area contributed by atoms with Crippen molar-refractivity contribution in [2.75, 3.05) is 5.32 Å². The second-order valence-electron chi connectivity index (χ2n) is 7.38. The third-order valence-corrected chi connectivity index (χ3v) is 5.81. The van der Waals surface area contributed by atoms with Crippen molar-refractivity contribution in [2.24, 2.45) is 10.9 Å². The molecule has 9 heteroatoms. The minimum atomic E-state index is 0.114. The van der Waals surface area contributed by atoms with Gasteiger partial charge in [0.15, 0.2) is 11.0 Å². The first-order chi connectivity index (χ1) is 14.1. The second kappa shape index (κ2) is 7.49. The molecule has 0 spiro atoms. The Balaban J connectivity index is 1.38. The summed E-state index contributed by atoms with van der Waals surface area (Å²) in [4.78, 5) is 26.7. The van der Waals surface area contributed by atoms with Crippen LogP contribution in [0.1, 0.15) is 26.2 Å². The number of amides is 1. The van der Waals surface area contributed by atoms with Gasteiger partial charge in [-0.1, -0.05) is 11.8 Å². The van der Waals surface area contributed by atoms with E-state index in [0.717, 1.165) is 46.5 Å². The number of imidazole rings is 1. The van der Waals surface area contributed by atoms with Crippen molar-refractivity contribution in [2.45, 2.75) is 42.3 Å². The fourth-order valence-corrected chi connectivity index (χ4v) is 4.00. The zero-order valence-corrected chi connectivity index (χ0v) is 16.7. The van der Waals surface area contributed by atoms with E-state index < -0.39 is 0 Å². The Morgan fingerprint density at radius 3 is 2.86 bits per heavy atom. The fourth-order valence-electron chi connectivity index (χ4n) is 3.12. The minimum Gasteiger partial charge on any atom is -0.326 e. The van der Waals surface area contributed by atoms with E-state index in [9.17, 15) is 4.79 Å². The number of carbonyl (C=O) groups is 1. The first kappa shape index (κ1) is 18.1. The molecule has 29 heavy (non-hydrogen) atoms. The van der Waals surface area contributed by atoms with Crippen molar-refractivity contribution in [3.8, 4) is 0 Å². The third-order valence-electron chi connectivity index (χ3n) is 4.83. The number of hydrogen-bond acceptors (Lipinski definition) is 6. The number of anilines is 1. The summed E-state index contributed by atoms with van der Waals surface area (Å²) in [5.41, 5.74) is 7.85. The normalized spacial score (nSPS) is 20.2. The molecule has 148 valence electrons. The molecule has 1 atom stereocenters. The third kappa shape index (κ3) is 4.10. The molecule has 0 radical (unpaired) electrons. The Hall–Kier alpha value is -2.91. The number of aromatic nitrogens is 3. The minimum absolute atomic E-state index is 0.114. The van der Waals surface area contributed by atoms with Crippen molar-refractivity contribution >= 4 is 40.7 Å². The number of hydrogen-bond donors (Lipinski definition) is 3. The molecule has 1 amide bonds. The standard InChI is InChI=1S/C20H21N7OS/c1-12-10-17(26-25-12)23-16-11-18-21-8-9-27(18)20(24-16)29-15-6-4-14(5-7-15)22-19(28)13-2-3-13/h4-9,11-13,25H,2-3,10H2,1H3,(H,22,28)(H,23,26). The molecule has 2 aliphatic rings. The van der Waals surface area contributed by atoms with Gasteiger partial charge >= 0.3 is 0 Å². The summed E-state index contributed by atoms with van der Waals surface area (Å²) in [5.74, 6) is 1.80. The van der Waals surface area contributed by atoms with E-state index >= 15 is 0 Å². The number of amidine groups is 1. The first-order valence-electron chi connectivity index (χ1n) is 9.66. The highest BCUT2D eigenvalue weighted by molar-refractivity contribution is 7.99. The van der Waals surface area contributed by atoms with Gasteiger partial charge in [-0.2, -0.15) is 0 Å². The Morgan fingerprint density at radius 1 is 1.31 bits per heavy atom. The van der Waals surface area contributed by atoms with Crippen LogP contribution in [0.25, 0.3) is 5.65 Å². The Morgan fingerprint density at radius 2 is 2.14 bits per heavy atom. The second-order valence-corrected chi connectivity index (χ2v) is 8.42. The van der Waals surface area contributed by atoms with Gasteiger partial charge in [0.2, 0.25) is 5.91 Å². The summed E-state index contributed by atoms with van der Waals surface area (Å²) in [6, 6.07) is 10.0. The Bertz CT molecular complexity index is 1090. The van der Waals surface area contributed by atoms with Gasteiger partial charge in [0, 0.05) is 47.4 Å². The van der Waals surface area contributed by atoms with Crippen LogP contribution >= 0.6 is 11.8 Å². The van der Waals surface area contributed by atoms with Crippen LogP contribution in [0.15, 0.2) is 57.8 Å². The molecule has 0 bridgehead atoms. The topological polar surface area (TPSA) is 95.7 Å². The van der Waals surface area contributed by atoms with Gasteiger partial charge in [0.05, 0.1) is 0 Å². The monoisotopic (exact) mass is 407 g/mol. The van der Waals surface area contributed by atoms with E-state index in [-0.39, 0.29) is 11.8 Å². The summed E-state index contributed by atoms with van der Waals surface area (Å²) < 4.78 is 1.94. The van der Waals surface area contributed by atoms with Crippen LogP contribution < -0.4 is 16.2 Å². The predicted octanol–water partition coefficient (Wildman–Crippen LogP) is 3.15. The molecule has 8 nitrogen and oxygen atoms in total. The number of carbonyl (C=O) groups excluding carboxylic acids is 1. The number of nitrogens with one attached hydrogen (secondary N) is 3. The summed E-state index contributed by atoms with van der Waals surface area (Å²) in [7, 11) is 0. The van der Waals surface area contributed by atoms with Crippen molar-refractivity contribution in [3.63, 3.8) is 0 Å². The van der Waals surface area contributed by atoms with Crippen LogP contribution in [0.3, 0.4) is 0 Å². The lowest BCUT2D eigenvalue weighted by Crippen LogP contribution is -2.29. The van der Waals surface area contributed by atoms with Gasteiger partial charge < -0.3 is 10.7 Å². The molecule has 2 aromatic heterocycles. The summed E-state index contributed by atoms with van der Waals surface area (Å²) >= 11 is 1.53. The average Bonchev–Trinajstić information content (AvgIpc) is 3.32. The lowest BCUT2D eigenvalue weighted by Gasteiger charge is -2.08. The average molecular weight is 408 g/mol. The molecule has 5 rings (SSSR count). The maximum absolute atomic E-state index is 11.9. The quantitative estimate of drug-likeness (QED) is 0.563. The van der Waals surface area contributed by atoms with E-state index in [1.807, 2.05) is 40.9 Å². The Kier molecular flexibility index (Phi) is 4.69. The van der Waals surface area contributed by atoms with Gasteiger partial charge in [-0.05, 0) is 44.0 Å². The molecule has 1 saturated heterocycles. The number of hydrazine groups is 1. The molecule has 1 unspecified atom stereocenters. The summed E-state index contributed by atoms with van der Waals surface area (Å²) in [5, 5.41) is 3.75. The zero-order chi connectivity index (χ0) is 19.8. The molecule has 3 N–H and O–H groups in total.